The van der Waals surface area contributed by atoms with E-state index in [2.05, 4.69) is 4.98 Å². The van der Waals surface area contributed by atoms with Crippen molar-refractivity contribution >= 4 is 23.5 Å². The summed E-state index contributed by atoms with van der Waals surface area (Å²) in [5.74, 6) is 0.313. The van der Waals surface area contributed by atoms with Gasteiger partial charge < -0.3 is 14.9 Å². The van der Waals surface area contributed by atoms with Crippen molar-refractivity contribution in [3.8, 4) is 0 Å². The van der Waals surface area contributed by atoms with Gasteiger partial charge in [-0.3, -0.25) is 0 Å². The normalized spacial score (nSPS) is 16.4. The number of hydrogen-bond donors (Lipinski definition) is 1. The first-order valence-electron chi connectivity index (χ1n) is 5.75. The van der Waals surface area contributed by atoms with Crippen LogP contribution in [0.15, 0.2) is 12.1 Å². The Morgan fingerprint density at radius 2 is 1.85 bits per heavy atom. The molecule has 1 saturated heterocycles. The molecule has 0 spiro atoms. The highest BCUT2D eigenvalue weighted by molar-refractivity contribution is 6.30. The fraction of sp³-hybridized carbons (Fsp3) is 0.455. The van der Waals surface area contributed by atoms with E-state index >= 15 is 0 Å². The molecule has 1 aliphatic heterocycles. The number of rotatable bonds is 1. The van der Waals surface area contributed by atoms with Crippen LogP contribution in [0.1, 0.15) is 5.56 Å². The number of carboxylic acid groups (broad SMARTS) is 1. The van der Waals surface area contributed by atoms with E-state index in [9.17, 15) is 18.0 Å². The summed E-state index contributed by atoms with van der Waals surface area (Å²) in [5, 5.41) is 8.21. The van der Waals surface area contributed by atoms with Gasteiger partial charge in [-0.05, 0) is 12.1 Å². The number of carbonyl (C=O) groups is 1. The zero-order chi connectivity index (χ0) is 14.9. The van der Waals surface area contributed by atoms with E-state index in [0.29, 0.717) is 18.9 Å². The summed E-state index contributed by atoms with van der Waals surface area (Å²) in [5.41, 5.74) is -0.980. The predicted molar refractivity (Wildman–Crippen MR) is 66.1 cm³/mol. The lowest BCUT2D eigenvalue weighted by Gasteiger charge is -2.34. The summed E-state index contributed by atoms with van der Waals surface area (Å²) in [6, 6.07) is 2.12. The number of amides is 1. The Labute approximate surface area is 117 Å². The summed E-state index contributed by atoms with van der Waals surface area (Å²) >= 11 is 5.55. The molecule has 110 valence electrons. The van der Waals surface area contributed by atoms with Crippen LogP contribution >= 0.6 is 11.6 Å². The number of alkyl halides is 3. The minimum atomic E-state index is -4.54. The number of pyridine rings is 1. The lowest BCUT2D eigenvalue weighted by molar-refractivity contribution is -0.137. The molecule has 1 amide bonds. The number of hydrogen-bond acceptors (Lipinski definition) is 3. The molecule has 9 heteroatoms. The Morgan fingerprint density at radius 3 is 2.30 bits per heavy atom. The molecule has 0 atom stereocenters. The number of aromatic nitrogens is 1. The van der Waals surface area contributed by atoms with Crippen LogP contribution in [0.5, 0.6) is 0 Å². The van der Waals surface area contributed by atoms with Gasteiger partial charge in [0, 0.05) is 26.2 Å². The third-order valence-corrected chi connectivity index (χ3v) is 3.30. The standard InChI is InChI=1S/C11H11ClF3N3O2/c12-9-7(11(13,14)15)1-2-8(16-9)17-3-5-18(6-4-17)10(19)20/h1-2H,3-6H2,(H,19,20). The third kappa shape index (κ3) is 3.06. The van der Waals surface area contributed by atoms with E-state index in [1.165, 1.54) is 11.0 Å². The molecule has 0 unspecified atom stereocenters. The molecule has 2 heterocycles. The minimum Gasteiger partial charge on any atom is -0.465 e. The van der Waals surface area contributed by atoms with Crippen LogP contribution in [-0.2, 0) is 6.18 Å². The fourth-order valence-corrected chi connectivity index (χ4v) is 2.20. The summed E-state index contributed by atoms with van der Waals surface area (Å²) in [4.78, 5) is 17.4. The van der Waals surface area contributed by atoms with E-state index in [4.69, 9.17) is 16.7 Å². The van der Waals surface area contributed by atoms with Crippen LogP contribution in [0, 0.1) is 0 Å². The zero-order valence-corrected chi connectivity index (χ0v) is 10.9. The number of nitrogens with zero attached hydrogens (tertiary/aromatic N) is 3. The fourth-order valence-electron chi connectivity index (χ4n) is 1.94. The second-order valence-electron chi connectivity index (χ2n) is 4.26. The quantitative estimate of drug-likeness (QED) is 0.810. The van der Waals surface area contributed by atoms with Gasteiger partial charge in [-0.1, -0.05) is 11.6 Å². The molecule has 0 radical (unpaired) electrons. The van der Waals surface area contributed by atoms with Gasteiger partial charge in [0.15, 0.2) is 0 Å². The monoisotopic (exact) mass is 309 g/mol. The van der Waals surface area contributed by atoms with Crippen molar-refractivity contribution < 1.29 is 23.1 Å². The first kappa shape index (κ1) is 14.7. The average Bonchev–Trinajstić information content (AvgIpc) is 2.37. The molecule has 1 aromatic heterocycles. The van der Waals surface area contributed by atoms with Gasteiger partial charge in [-0.25, -0.2) is 9.78 Å². The molecular formula is C11H11ClF3N3O2. The lowest BCUT2D eigenvalue weighted by atomic mass is 10.2. The minimum absolute atomic E-state index is 0.273. The van der Waals surface area contributed by atoms with Crippen molar-refractivity contribution in [2.75, 3.05) is 31.1 Å². The molecule has 5 nitrogen and oxygen atoms in total. The molecule has 2 rings (SSSR count). The Morgan fingerprint density at radius 1 is 1.25 bits per heavy atom. The van der Waals surface area contributed by atoms with E-state index in [-0.39, 0.29) is 13.1 Å². The van der Waals surface area contributed by atoms with Crippen molar-refractivity contribution in [1.82, 2.24) is 9.88 Å². The molecule has 0 aromatic carbocycles. The Balaban J connectivity index is 2.12. The van der Waals surface area contributed by atoms with Crippen molar-refractivity contribution in [2.45, 2.75) is 6.18 Å². The average molecular weight is 310 g/mol. The summed E-state index contributed by atoms with van der Waals surface area (Å²) in [6.07, 6.45) is -5.55. The molecule has 0 aliphatic carbocycles. The summed E-state index contributed by atoms with van der Waals surface area (Å²) in [6.45, 7) is 1.27. The van der Waals surface area contributed by atoms with Gasteiger partial charge in [0.1, 0.15) is 11.0 Å². The maximum atomic E-state index is 12.6. The molecule has 20 heavy (non-hydrogen) atoms. The van der Waals surface area contributed by atoms with Crippen LogP contribution < -0.4 is 4.90 Å². The molecule has 1 fully saturated rings. The smallest absolute Gasteiger partial charge is 0.419 e. The summed E-state index contributed by atoms with van der Waals surface area (Å²) in [7, 11) is 0. The second kappa shape index (κ2) is 5.35. The largest absolute Gasteiger partial charge is 0.465 e. The molecule has 0 bridgehead atoms. The molecular weight excluding hydrogens is 299 g/mol. The number of halogens is 4. The topological polar surface area (TPSA) is 56.7 Å². The Bertz CT molecular complexity index is 516. The van der Waals surface area contributed by atoms with Gasteiger partial charge >= 0.3 is 12.3 Å². The first-order valence-corrected chi connectivity index (χ1v) is 6.13. The lowest BCUT2D eigenvalue weighted by Crippen LogP contribution is -2.48. The van der Waals surface area contributed by atoms with E-state index in [1.54, 1.807) is 4.90 Å². The van der Waals surface area contributed by atoms with Crippen LogP contribution in [-0.4, -0.2) is 47.3 Å². The highest BCUT2D eigenvalue weighted by Crippen LogP contribution is 2.34. The molecule has 0 saturated carbocycles. The maximum Gasteiger partial charge on any atom is 0.419 e. The number of anilines is 1. The van der Waals surface area contributed by atoms with E-state index < -0.39 is 23.0 Å². The zero-order valence-electron chi connectivity index (χ0n) is 10.2. The second-order valence-corrected chi connectivity index (χ2v) is 4.62. The molecule has 1 aromatic rings. The van der Waals surface area contributed by atoms with Gasteiger partial charge in [0.05, 0.1) is 5.56 Å². The SMILES string of the molecule is O=C(O)N1CCN(c2ccc(C(F)(F)F)c(Cl)n2)CC1. The van der Waals surface area contributed by atoms with Crippen molar-refractivity contribution in [1.29, 1.82) is 0 Å². The van der Waals surface area contributed by atoms with Gasteiger partial charge in [0.2, 0.25) is 0 Å². The van der Waals surface area contributed by atoms with E-state index in [0.717, 1.165) is 6.07 Å². The maximum absolute atomic E-state index is 12.6. The Hall–Kier alpha value is -1.70. The summed E-state index contributed by atoms with van der Waals surface area (Å²) < 4.78 is 37.7. The highest BCUT2D eigenvalue weighted by atomic mass is 35.5. The van der Waals surface area contributed by atoms with Crippen LogP contribution in [0.2, 0.25) is 5.15 Å². The number of piperazine rings is 1. The van der Waals surface area contributed by atoms with E-state index in [1.807, 2.05) is 0 Å². The van der Waals surface area contributed by atoms with Crippen LogP contribution in [0.25, 0.3) is 0 Å². The van der Waals surface area contributed by atoms with Gasteiger partial charge in [0.25, 0.3) is 0 Å². The van der Waals surface area contributed by atoms with Crippen molar-refractivity contribution in [2.24, 2.45) is 0 Å². The van der Waals surface area contributed by atoms with Crippen molar-refractivity contribution in [3.05, 3.63) is 22.8 Å². The van der Waals surface area contributed by atoms with Crippen molar-refractivity contribution in [3.63, 3.8) is 0 Å². The molecule has 1 N–H and O–H groups in total. The Kier molecular flexibility index (Phi) is 3.94. The van der Waals surface area contributed by atoms with Crippen LogP contribution in [0.4, 0.5) is 23.8 Å². The first-order chi connectivity index (χ1) is 9.29. The van der Waals surface area contributed by atoms with Crippen LogP contribution in [0.3, 0.4) is 0 Å². The van der Waals surface area contributed by atoms with Gasteiger partial charge in [-0.2, -0.15) is 13.2 Å². The predicted octanol–water partition coefficient (Wildman–Crippen LogP) is 2.55. The van der Waals surface area contributed by atoms with Gasteiger partial charge in [-0.15, -0.1) is 0 Å². The third-order valence-electron chi connectivity index (χ3n) is 3.01. The molecule has 1 aliphatic rings. The highest BCUT2D eigenvalue weighted by Gasteiger charge is 2.34.